The van der Waals surface area contributed by atoms with E-state index in [9.17, 15) is 9.59 Å². The second-order valence-electron chi connectivity index (χ2n) is 4.66. The first-order chi connectivity index (χ1) is 8.67. The number of nitrogens with one attached hydrogen (secondary N) is 1. The minimum atomic E-state index is -0.476. The zero-order chi connectivity index (χ0) is 12.8. The van der Waals surface area contributed by atoms with Crippen LogP contribution in [0.1, 0.15) is 24.5 Å². The Morgan fingerprint density at radius 2 is 2.50 bits per heavy atom. The smallest absolute Gasteiger partial charge is 0.323 e. The van der Waals surface area contributed by atoms with Crippen molar-refractivity contribution in [2.45, 2.75) is 25.2 Å². The molecule has 0 saturated carbocycles. The topological polar surface area (TPSA) is 59.2 Å². The number of carbonyl (C=O) groups excluding carboxylic acids is 1. The number of H-pyrrole nitrogens is 1. The molecule has 3 rings (SSSR count). The molecule has 2 atom stereocenters. The minimum absolute atomic E-state index is 0.147. The molecule has 92 valence electrons. The van der Waals surface area contributed by atoms with Crippen LogP contribution in [-0.4, -0.2) is 17.6 Å². The molecule has 0 amide bonds. The van der Waals surface area contributed by atoms with Crippen LogP contribution in [0.3, 0.4) is 0 Å². The van der Waals surface area contributed by atoms with Gasteiger partial charge in [0.05, 0.1) is 12.0 Å². The zero-order valence-corrected chi connectivity index (χ0v) is 10.1. The molecular formula is C14H13NO3. The molecule has 1 aromatic heterocycles. The molecule has 0 radical (unpaired) electrons. The second-order valence-corrected chi connectivity index (χ2v) is 4.66. The van der Waals surface area contributed by atoms with E-state index >= 15 is 0 Å². The van der Waals surface area contributed by atoms with Crippen LogP contribution in [0.2, 0.25) is 0 Å². The van der Waals surface area contributed by atoms with Gasteiger partial charge in [-0.2, -0.15) is 0 Å². The van der Waals surface area contributed by atoms with Crippen LogP contribution >= 0.6 is 0 Å². The molecule has 2 aliphatic rings. The Balaban J connectivity index is 2.02. The molecule has 1 aromatic rings. The lowest BCUT2D eigenvalue weighted by Crippen LogP contribution is -2.43. The number of ether oxygens (including phenoxy) is 1. The van der Waals surface area contributed by atoms with E-state index in [2.05, 4.69) is 16.8 Å². The van der Waals surface area contributed by atoms with E-state index in [1.165, 1.54) is 0 Å². The lowest BCUT2D eigenvalue weighted by Gasteiger charge is -2.34. The van der Waals surface area contributed by atoms with Crippen molar-refractivity contribution in [3.8, 4) is 11.8 Å². The van der Waals surface area contributed by atoms with Crippen molar-refractivity contribution < 1.29 is 9.53 Å². The van der Waals surface area contributed by atoms with Gasteiger partial charge in [-0.15, -0.1) is 0 Å². The fourth-order valence-corrected chi connectivity index (χ4v) is 2.82. The highest BCUT2D eigenvalue weighted by atomic mass is 16.5. The van der Waals surface area contributed by atoms with Crippen molar-refractivity contribution in [3.63, 3.8) is 0 Å². The van der Waals surface area contributed by atoms with Gasteiger partial charge in [-0.05, 0) is 30.9 Å². The van der Waals surface area contributed by atoms with E-state index in [0.717, 1.165) is 24.0 Å². The number of aromatic nitrogens is 1. The van der Waals surface area contributed by atoms with Crippen molar-refractivity contribution in [1.82, 2.24) is 4.98 Å². The summed E-state index contributed by atoms with van der Waals surface area (Å²) in [5.74, 6) is 5.29. The van der Waals surface area contributed by atoms with E-state index in [4.69, 9.17) is 4.74 Å². The maximum atomic E-state index is 11.9. The monoisotopic (exact) mass is 243 g/mol. The molecule has 0 bridgehead atoms. The number of hydrogen-bond acceptors (Lipinski definition) is 3. The summed E-state index contributed by atoms with van der Waals surface area (Å²) in [6, 6.07) is 1.57. The lowest BCUT2D eigenvalue weighted by atomic mass is 9.66. The highest BCUT2D eigenvalue weighted by Crippen LogP contribution is 2.47. The molecule has 1 spiro atoms. The van der Waals surface area contributed by atoms with Gasteiger partial charge in [0.1, 0.15) is 5.92 Å². The Bertz CT molecular complexity index is 634. The highest BCUT2D eigenvalue weighted by Gasteiger charge is 2.52. The third-order valence-electron chi connectivity index (χ3n) is 3.73. The van der Waals surface area contributed by atoms with Crippen LogP contribution < -0.4 is 5.56 Å². The quantitative estimate of drug-likeness (QED) is 0.616. The van der Waals surface area contributed by atoms with Crippen LogP contribution in [0.4, 0.5) is 0 Å². The first kappa shape index (κ1) is 11.1. The summed E-state index contributed by atoms with van der Waals surface area (Å²) in [5.41, 5.74) is 1.36. The number of aryl methyl sites for hydroxylation is 1. The third-order valence-corrected chi connectivity index (χ3v) is 3.73. The maximum Gasteiger partial charge on any atom is 0.323 e. The van der Waals surface area contributed by atoms with Gasteiger partial charge >= 0.3 is 5.97 Å². The molecule has 18 heavy (non-hydrogen) atoms. The number of pyridine rings is 1. The molecule has 4 heteroatoms. The second kappa shape index (κ2) is 3.74. The normalized spacial score (nSPS) is 27.1. The molecule has 0 unspecified atom stereocenters. The van der Waals surface area contributed by atoms with Gasteiger partial charge in [0.25, 0.3) is 0 Å². The average Bonchev–Trinajstić information content (AvgIpc) is 2.68. The summed E-state index contributed by atoms with van der Waals surface area (Å²) in [6.45, 7) is 2.14. The maximum absolute atomic E-state index is 11.9. The van der Waals surface area contributed by atoms with E-state index in [0.29, 0.717) is 6.61 Å². The molecule has 1 heterocycles. The predicted octanol–water partition coefficient (Wildman–Crippen LogP) is 0.755. The van der Waals surface area contributed by atoms with Crippen LogP contribution in [0.25, 0.3) is 0 Å². The summed E-state index contributed by atoms with van der Waals surface area (Å²) in [6.07, 6.45) is 3.36. The van der Waals surface area contributed by atoms with Crippen molar-refractivity contribution in [3.05, 3.63) is 33.7 Å². The van der Waals surface area contributed by atoms with E-state index in [1.54, 1.807) is 19.2 Å². The van der Waals surface area contributed by atoms with Gasteiger partial charge in [-0.25, -0.2) is 0 Å². The molecule has 0 aromatic carbocycles. The largest absolute Gasteiger partial charge is 0.465 e. The van der Waals surface area contributed by atoms with Gasteiger partial charge in [-0.3, -0.25) is 9.59 Å². The summed E-state index contributed by atoms with van der Waals surface area (Å²) in [4.78, 5) is 26.0. The number of rotatable bonds is 2. The van der Waals surface area contributed by atoms with Crippen molar-refractivity contribution in [2.75, 3.05) is 6.61 Å². The number of aromatic amines is 1. The van der Waals surface area contributed by atoms with Crippen molar-refractivity contribution in [1.29, 1.82) is 0 Å². The molecule has 0 aliphatic heterocycles. The van der Waals surface area contributed by atoms with Gasteiger partial charge in [-0.1, -0.05) is 11.8 Å². The van der Waals surface area contributed by atoms with E-state index in [1.807, 2.05) is 0 Å². The first-order valence-corrected chi connectivity index (χ1v) is 6.09. The molecule has 2 aliphatic carbocycles. The Hall–Kier alpha value is -2.02. The number of esters is 1. The van der Waals surface area contributed by atoms with Crippen molar-refractivity contribution >= 4 is 5.97 Å². The number of hydrogen-bond donors (Lipinski definition) is 1. The van der Waals surface area contributed by atoms with Gasteiger partial charge in [0.2, 0.25) is 5.56 Å². The minimum Gasteiger partial charge on any atom is -0.465 e. The average molecular weight is 243 g/mol. The summed E-state index contributed by atoms with van der Waals surface area (Å²) in [5, 5.41) is 0. The molecule has 1 N–H and O–H groups in total. The molecule has 0 saturated heterocycles. The first-order valence-electron chi connectivity index (χ1n) is 6.09. The van der Waals surface area contributed by atoms with E-state index in [-0.39, 0.29) is 11.5 Å². The molecule has 4 nitrogen and oxygen atoms in total. The van der Waals surface area contributed by atoms with Crippen LogP contribution in [-0.2, 0) is 21.4 Å². The third kappa shape index (κ3) is 1.34. The zero-order valence-electron chi connectivity index (χ0n) is 10.1. The SMILES string of the molecule is CCOC(=O)[C@H]1C#C[C@@]12CCc1c[nH]c(=O)cc12. The van der Waals surface area contributed by atoms with Crippen LogP contribution in [0.15, 0.2) is 17.1 Å². The lowest BCUT2D eigenvalue weighted by molar-refractivity contribution is -0.148. The molecule has 0 fully saturated rings. The van der Waals surface area contributed by atoms with Crippen molar-refractivity contribution in [2.24, 2.45) is 5.92 Å². The summed E-state index contributed by atoms with van der Waals surface area (Å²) in [7, 11) is 0. The van der Waals surface area contributed by atoms with Gasteiger partial charge < -0.3 is 9.72 Å². The fourth-order valence-electron chi connectivity index (χ4n) is 2.82. The van der Waals surface area contributed by atoms with Crippen LogP contribution in [0, 0.1) is 17.8 Å². The Morgan fingerprint density at radius 1 is 1.67 bits per heavy atom. The van der Waals surface area contributed by atoms with Crippen LogP contribution in [0.5, 0.6) is 0 Å². The van der Waals surface area contributed by atoms with Gasteiger partial charge in [0.15, 0.2) is 0 Å². The fraction of sp³-hybridized carbons (Fsp3) is 0.429. The molecular weight excluding hydrogens is 230 g/mol. The summed E-state index contributed by atoms with van der Waals surface area (Å²) < 4.78 is 5.05. The Kier molecular flexibility index (Phi) is 2.30. The van der Waals surface area contributed by atoms with Gasteiger partial charge in [0, 0.05) is 12.3 Å². The Labute approximate surface area is 104 Å². The number of fused-ring (bicyclic) bond motifs is 2. The van der Waals surface area contributed by atoms with E-state index < -0.39 is 11.3 Å². The number of carbonyl (C=O) groups is 1. The summed E-state index contributed by atoms with van der Waals surface area (Å²) >= 11 is 0. The Morgan fingerprint density at radius 3 is 3.17 bits per heavy atom. The predicted molar refractivity (Wildman–Crippen MR) is 65.0 cm³/mol. The highest BCUT2D eigenvalue weighted by molar-refractivity contribution is 5.83. The standard InChI is InChI=1S/C14H13NO3/c1-2-18-13(17)10-4-6-14(10)5-3-9-8-15-12(16)7-11(9)14/h7-8,10H,2-3,5H2,1H3,(H,15,16)/t10-,14+/m1/s1.